The van der Waals surface area contributed by atoms with E-state index in [2.05, 4.69) is 21.5 Å². The molecule has 0 fully saturated rings. The van der Waals surface area contributed by atoms with E-state index >= 15 is 0 Å². The molecule has 2 aromatic rings. The maximum atomic E-state index is 11.3. The quantitative estimate of drug-likeness (QED) is 0.495. The second-order valence-electron chi connectivity index (χ2n) is 4.48. The van der Waals surface area contributed by atoms with Gasteiger partial charge in [0.25, 0.3) is 5.91 Å². The standard InChI is InChI=1S/C12H14N4O2S/c13-14-12(17)10-5-9(18-15-10)7-16-3-1-11-8(6-16)2-4-19-11/h2,4-5H,1,3,6-7,13H2,(H,14,17). The number of amides is 1. The van der Waals surface area contributed by atoms with Crippen LogP contribution in [0.4, 0.5) is 0 Å². The summed E-state index contributed by atoms with van der Waals surface area (Å²) in [6.45, 7) is 2.56. The monoisotopic (exact) mass is 278 g/mol. The summed E-state index contributed by atoms with van der Waals surface area (Å²) in [7, 11) is 0. The lowest BCUT2D eigenvalue weighted by molar-refractivity contribution is 0.0944. The molecule has 0 aliphatic carbocycles. The Balaban J connectivity index is 1.66. The van der Waals surface area contributed by atoms with Gasteiger partial charge in [0, 0.05) is 24.0 Å². The van der Waals surface area contributed by atoms with Crippen molar-refractivity contribution in [2.24, 2.45) is 5.84 Å². The van der Waals surface area contributed by atoms with Crippen molar-refractivity contribution in [3.8, 4) is 0 Å². The number of nitrogens with one attached hydrogen (secondary N) is 1. The molecule has 0 aromatic carbocycles. The Kier molecular flexibility index (Phi) is 3.33. The van der Waals surface area contributed by atoms with Crippen LogP contribution in [0.3, 0.4) is 0 Å². The van der Waals surface area contributed by atoms with Gasteiger partial charge in [0.2, 0.25) is 0 Å². The van der Waals surface area contributed by atoms with Crippen molar-refractivity contribution >= 4 is 17.2 Å². The summed E-state index contributed by atoms with van der Waals surface area (Å²) in [5.41, 5.74) is 3.63. The molecule has 6 nitrogen and oxygen atoms in total. The molecule has 0 unspecified atom stereocenters. The van der Waals surface area contributed by atoms with Gasteiger partial charge in [-0.25, -0.2) is 5.84 Å². The van der Waals surface area contributed by atoms with Crippen molar-refractivity contribution in [3.63, 3.8) is 0 Å². The van der Waals surface area contributed by atoms with Crippen LogP contribution in [-0.4, -0.2) is 22.5 Å². The fourth-order valence-electron chi connectivity index (χ4n) is 2.23. The van der Waals surface area contributed by atoms with E-state index in [9.17, 15) is 4.79 Å². The lowest BCUT2D eigenvalue weighted by atomic mass is 10.1. The Morgan fingerprint density at radius 3 is 3.37 bits per heavy atom. The van der Waals surface area contributed by atoms with Crippen LogP contribution in [0.2, 0.25) is 0 Å². The number of nitrogens with zero attached hydrogens (tertiary/aromatic N) is 2. The first-order valence-electron chi connectivity index (χ1n) is 6.00. The maximum Gasteiger partial charge on any atom is 0.287 e. The lowest BCUT2D eigenvalue weighted by Crippen LogP contribution is -2.30. The van der Waals surface area contributed by atoms with Crippen molar-refractivity contribution in [2.75, 3.05) is 6.54 Å². The van der Waals surface area contributed by atoms with Crippen molar-refractivity contribution < 1.29 is 9.32 Å². The number of thiophene rings is 1. The van der Waals surface area contributed by atoms with Gasteiger partial charge in [-0.2, -0.15) is 0 Å². The number of carbonyl (C=O) groups is 1. The Labute approximate surface area is 114 Å². The Bertz CT molecular complexity index is 592. The molecule has 1 amide bonds. The molecule has 1 aliphatic heterocycles. The number of carbonyl (C=O) groups excluding carboxylic acids is 1. The average molecular weight is 278 g/mol. The summed E-state index contributed by atoms with van der Waals surface area (Å²) in [5.74, 6) is 5.29. The van der Waals surface area contributed by atoms with Gasteiger partial charge < -0.3 is 4.52 Å². The molecular weight excluding hydrogens is 264 g/mol. The van der Waals surface area contributed by atoms with Gasteiger partial charge in [-0.1, -0.05) is 5.16 Å². The van der Waals surface area contributed by atoms with Crippen molar-refractivity contribution in [3.05, 3.63) is 39.4 Å². The first-order chi connectivity index (χ1) is 9.26. The van der Waals surface area contributed by atoms with Crippen LogP contribution in [-0.2, 0) is 19.5 Å². The summed E-state index contributed by atoms with van der Waals surface area (Å²) in [6, 6.07) is 3.80. The summed E-state index contributed by atoms with van der Waals surface area (Å²) in [5, 5.41) is 5.83. The molecule has 0 saturated carbocycles. The van der Waals surface area contributed by atoms with Crippen LogP contribution < -0.4 is 11.3 Å². The molecule has 3 N–H and O–H groups in total. The van der Waals surface area contributed by atoms with Gasteiger partial charge in [-0.05, 0) is 23.4 Å². The van der Waals surface area contributed by atoms with Crippen LogP contribution in [0.1, 0.15) is 26.7 Å². The van der Waals surface area contributed by atoms with Crippen LogP contribution in [0.15, 0.2) is 22.0 Å². The van der Waals surface area contributed by atoms with E-state index in [0.29, 0.717) is 12.3 Å². The van der Waals surface area contributed by atoms with Gasteiger partial charge in [-0.15, -0.1) is 11.3 Å². The van der Waals surface area contributed by atoms with E-state index in [1.807, 2.05) is 16.8 Å². The number of hydrogen-bond acceptors (Lipinski definition) is 6. The Morgan fingerprint density at radius 1 is 1.63 bits per heavy atom. The topological polar surface area (TPSA) is 84.4 Å². The molecular formula is C12H14N4O2S. The van der Waals surface area contributed by atoms with Gasteiger partial charge in [-0.3, -0.25) is 15.1 Å². The van der Waals surface area contributed by atoms with Gasteiger partial charge in [0.05, 0.1) is 6.54 Å². The zero-order valence-corrected chi connectivity index (χ0v) is 11.1. The number of nitrogens with two attached hydrogens (primary N) is 1. The van der Waals surface area contributed by atoms with Gasteiger partial charge in [0.1, 0.15) is 0 Å². The third-order valence-corrected chi connectivity index (χ3v) is 4.21. The normalized spacial score (nSPS) is 15.2. The smallest absolute Gasteiger partial charge is 0.287 e. The number of nitrogen functional groups attached to an aromatic ring is 1. The van der Waals surface area contributed by atoms with Crippen LogP contribution >= 0.6 is 11.3 Å². The SMILES string of the molecule is NNC(=O)c1cc(CN2CCc3sccc3C2)on1. The summed E-state index contributed by atoms with van der Waals surface area (Å²) in [4.78, 5) is 15.0. The number of rotatable bonds is 3. The molecule has 0 saturated heterocycles. The summed E-state index contributed by atoms with van der Waals surface area (Å²) in [6.07, 6.45) is 1.07. The van der Waals surface area contributed by atoms with E-state index in [1.54, 1.807) is 6.07 Å². The average Bonchev–Trinajstić information content (AvgIpc) is 3.06. The molecule has 0 atom stereocenters. The third-order valence-electron chi connectivity index (χ3n) is 3.19. The summed E-state index contributed by atoms with van der Waals surface area (Å²) >= 11 is 1.82. The molecule has 19 heavy (non-hydrogen) atoms. The Morgan fingerprint density at radius 2 is 2.53 bits per heavy atom. The molecule has 0 radical (unpaired) electrons. The molecule has 100 valence electrons. The predicted molar refractivity (Wildman–Crippen MR) is 70.3 cm³/mol. The van der Waals surface area contributed by atoms with Gasteiger partial charge in [0.15, 0.2) is 11.5 Å². The Hall–Kier alpha value is -1.70. The number of hydrazine groups is 1. The minimum atomic E-state index is -0.436. The molecule has 3 rings (SSSR count). The molecule has 2 aromatic heterocycles. The summed E-state index contributed by atoms with van der Waals surface area (Å²) < 4.78 is 5.15. The zero-order chi connectivity index (χ0) is 13.2. The first kappa shape index (κ1) is 12.3. The number of hydrogen-bond donors (Lipinski definition) is 2. The molecule has 7 heteroatoms. The van der Waals surface area contributed by atoms with Crippen LogP contribution in [0.5, 0.6) is 0 Å². The number of fused-ring (bicyclic) bond motifs is 1. The van der Waals surface area contributed by atoms with E-state index in [0.717, 1.165) is 19.5 Å². The minimum absolute atomic E-state index is 0.214. The second kappa shape index (κ2) is 5.12. The highest BCUT2D eigenvalue weighted by Crippen LogP contribution is 2.25. The predicted octanol–water partition coefficient (Wildman–Crippen LogP) is 0.898. The second-order valence-corrected chi connectivity index (χ2v) is 5.48. The fourth-order valence-corrected chi connectivity index (χ4v) is 3.12. The third kappa shape index (κ3) is 2.53. The van der Waals surface area contributed by atoms with Crippen LogP contribution in [0.25, 0.3) is 0 Å². The molecule has 0 bridgehead atoms. The van der Waals surface area contributed by atoms with Crippen LogP contribution in [0, 0.1) is 0 Å². The van der Waals surface area contributed by atoms with Crippen molar-refractivity contribution in [2.45, 2.75) is 19.5 Å². The number of aromatic nitrogens is 1. The largest absolute Gasteiger partial charge is 0.359 e. The molecule has 0 spiro atoms. The maximum absolute atomic E-state index is 11.3. The van der Waals surface area contributed by atoms with Crippen molar-refractivity contribution in [1.29, 1.82) is 0 Å². The highest BCUT2D eigenvalue weighted by atomic mass is 32.1. The molecule has 1 aliphatic rings. The van der Waals surface area contributed by atoms with E-state index < -0.39 is 5.91 Å². The highest BCUT2D eigenvalue weighted by molar-refractivity contribution is 7.10. The van der Waals surface area contributed by atoms with Gasteiger partial charge >= 0.3 is 0 Å². The van der Waals surface area contributed by atoms with E-state index in [4.69, 9.17) is 10.4 Å². The molecule has 3 heterocycles. The highest BCUT2D eigenvalue weighted by Gasteiger charge is 2.19. The van der Waals surface area contributed by atoms with E-state index in [1.165, 1.54) is 10.4 Å². The minimum Gasteiger partial charge on any atom is -0.359 e. The fraction of sp³-hybridized carbons (Fsp3) is 0.333. The zero-order valence-electron chi connectivity index (χ0n) is 10.3. The van der Waals surface area contributed by atoms with Crippen molar-refractivity contribution in [1.82, 2.24) is 15.5 Å². The lowest BCUT2D eigenvalue weighted by Gasteiger charge is -2.25. The van der Waals surface area contributed by atoms with E-state index in [-0.39, 0.29) is 5.69 Å². The first-order valence-corrected chi connectivity index (χ1v) is 6.88.